The Morgan fingerprint density at radius 2 is 1.93 bits per heavy atom. The number of hydrogen-bond acceptors (Lipinski definition) is 5. The first kappa shape index (κ1) is 20.9. The largest absolute Gasteiger partial charge is 0.350 e. The Hall–Kier alpha value is -2.78. The Bertz CT molecular complexity index is 962. The number of sulfonamides is 1. The van der Waals surface area contributed by atoms with E-state index in [0.29, 0.717) is 31.6 Å². The molecule has 1 aliphatic rings. The van der Waals surface area contributed by atoms with Crippen LogP contribution >= 0.6 is 0 Å². The molecule has 9 heteroatoms. The number of benzene rings is 1. The highest BCUT2D eigenvalue weighted by Crippen LogP contribution is 2.25. The normalized spacial score (nSPS) is 17.5. The molecule has 2 amide bonds. The fraction of sp³-hybridized carbons (Fsp3) is 0.350. The van der Waals surface area contributed by atoms with Crippen molar-refractivity contribution in [3.05, 3.63) is 54.4 Å². The molecule has 0 spiro atoms. The number of nitrogens with zero attached hydrogens (tertiary/aromatic N) is 2. The maximum absolute atomic E-state index is 13.0. The van der Waals surface area contributed by atoms with Crippen molar-refractivity contribution in [3.63, 3.8) is 0 Å². The quantitative estimate of drug-likeness (QED) is 0.746. The first-order valence-electron chi connectivity index (χ1n) is 9.41. The van der Waals surface area contributed by atoms with Crippen LogP contribution in [-0.4, -0.2) is 42.6 Å². The van der Waals surface area contributed by atoms with Crippen molar-refractivity contribution in [1.29, 1.82) is 0 Å². The van der Waals surface area contributed by atoms with Gasteiger partial charge in [-0.1, -0.05) is 6.07 Å². The fourth-order valence-electron chi connectivity index (χ4n) is 3.26. The van der Waals surface area contributed by atoms with Crippen LogP contribution in [0.15, 0.2) is 53.6 Å². The number of nitrogens with one attached hydrogen (secondary N) is 2. The van der Waals surface area contributed by atoms with Crippen LogP contribution in [-0.2, 0) is 26.2 Å². The molecule has 1 fully saturated rings. The lowest BCUT2D eigenvalue weighted by atomic mass is 9.99. The number of piperidine rings is 1. The molecule has 0 radical (unpaired) electrons. The molecule has 1 aromatic carbocycles. The number of rotatable bonds is 6. The molecule has 8 nitrogen and oxygen atoms in total. The summed E-state index contributed by atoms with van der Waals surface area (Å²) in [6, 6.07) is 11.5. The fourth-order valence-corrected chi connectivity index (χ4v) is 4.79. The Morgan fingerprint density at radius 3 is 2.59 bits per heavy atom. The second-order valence-electron chi connectivity index (χ2n) is 6.95. The van der Waals surface area contributed by atoms with Crippen LogP contribution in [0.4, 0.5) is 5.69 Å². The lowest BCUT2D eigenvalue weighted by molar-refractivity contribution is -0.126. The van der Waals surface area contributed by atoms with Gasteiger partial charge in [-0.15, -0.1) is 0 Å². The van der Waals surface area contributed by atoms with E-state index >= 15 is 0 Å². The smallest absolute Gasteiger partial charge is 0.243 e. The van der Waals surface area contributed by atoms with E-state index in [0.717, 1.165) is 5.69 Å². The Balaban J connectivity index is 1.64. The van der Waals surface area contributed by atoms with Crippen LogP contribution in [0.25, 0.3) is 0 Å². The standard InChI is InChI=1S/C20H24N4O4S/c1-15(25)23-17-7-9-19(10-8-17)29(27,28)24-12-4-5-16(14-24)20(26)22-13-18-6-2-3-11-21-18/h2-3,6-11,16H,4-5,12-14H2,1H3,(H,22,26)(H,23,25)/t16-/m1/s1. The van der Waals surface area contributed by atoms with Gasteiger partial charge in [0, 0.05) is 31.9 Å². The van der Waals surface area contributed by atoms with Crippen molar-refractivity contribution in [1.82, 2.24) is 14.6 Å². The van der Waals surface area contributed by atoms with E-state index in [4.69, 9.17) is 0 Å². The molecule has 1 aliphatic heterocycles. The molecular formula is C20H24N4O4S. The van der Waals surface area contributed by atoms with Gasteiger partial charge in [0.1, 0.15) is 0 Å². The number of amides is 2. The lowest BCUT2D eigenvalue weighted by Crippen LogP contribution is -2.45. The SMILES string of the molecule is CC(=O)Nc1ccc(S(=O)(=O)N2CCC[C@@H](C(=O)NCc3ccccn3)C2)cc1. The number of anilines is 1. The lowest BCUT2D eigenvalue weighted by Gasteiger charge is -2.31. The predicted molar refractivity (Wildman–Crippen MR) is 108 cm³/mol. The van der Waals surface area contributed by atoms with E-state index in [-0.39, 0.29) is 23.3 Å². The predicted octanol–water partition coefficient (Wildman–Crippen LogP) is 1.76. The van der Waals surface area contributed by atoms with Crippen LogP contribution in [0, 0.1) is 5.92 Å². The van der Waals surface area contributed by atoms with E-state index in [1.165, 1.54) is 23.4 Å². The summed E-state index contributed by atoms with van der Waals surface area (Å²) in [5.74, 6) is -0.798. The Labute approximate surface area is 170 Å². The maximum Gasteiger partial charge on any atom is 0.243 e. The zero-order valence-corrected chi connectivity index (χ0v) is 17.0. The molecule has 1 saturated heterocycles. The number of carbonyl (C=O) groups is 2. The van der Waals surface area contributed by atoms with Gasteiger partial charge in [-0.05, 0) is 49.2 Å². The van der Waals surface area contributed by atoms with Crippen molar-refractivity contribution in [3.8, 4) is 0 Å². The summed E-state index contributed by atoms with van der Waals surface area (Å²) in [6.07, 6.45) is 2.92. The molecule has 29 heavy (non-hydrogen) atoms. The molecule has 0 bridgehead atoms. The summed E-state index contributed by atoms with van der Waals surface area (Å²) in [5, 5.41) is 5.45. The Kier molecular flexibility index (Phi) is 6.60. The van der Waals surface area contributed by atoms with E-state index in [1.807, 2.05) is 12.1 Å². The summed E-state index contributed by atoms with van der Waals surface area (Å²) in [6.45, 7) is 2.22. The monoisotopic (exact) mass is 416 g/mol. The molecule has 154 valence electrons. The van der Waals surface area contributed by atoms with Crippen molar-refractivity contribution < 1.29 is 18.0 Å². The summed E-state index contributed by atoms with van der Waals surface area (Å²) >= 11 is 0. The highest BCUT2D eigenvalue weighted by Gasteiger charge is 2.33. The zero-order chi connectivity index (χ0) is 20.9. The minimum atomic E-state index is -3.71. The van der Waals surface area contributed by atoms with Crippen LogP contribution in [0.5, 0.6) is 0 Å². The van der Waals surface area contributed by atoms with E-state index in [2.05, 4.69) is 15.6 Å². The molecule has 0 aliphatic carbocycles. The number of pyridine rings is 1. The third kappa shape index (κ3) is 5.39. The van der Waals surface area contributed by atoms with Crippen LogP contribution in [0.2, 0.25) is 0 Å². The molecule has 0 unspecified atom stereocenters. The molecule has 2 aromatic rings. The zero-order valence-electron chi connectivity index (χ0n) is 16.2. The second kappa shape index (κ2) is 9.15. The number of aromatic nitrogens is 1. The van der Waals surface area contributed by atoms with Gasteiger partial charge in [-0.2, -0.15) is 4.31 Å². The van der Waals surface area contributed by atoms with Crippen LogP contribution in [0.3, 0.4) is 0 Å². The average Bonchev–Trinajstić information content (AvgIpc) is 2.73. The average molecular weight is 417 g/mol. The molecule has 3 rings (SSSR count). The molecule has 1 atom stereocenters. The summed E-state index contributed by atoms with van der Waals surface area (Å²) in [7, 11) is -3.71. The van der Waals surface area contributed by atoms with Crippen molar-refractivity contribution in [2.45, 2.75) is 31.2 Å². The second-order valence-corrected chi connectivity index (χ2v) is 8.88. The van der Waals surface area contributed by atoms with E-state index < -0.39 is 15.9 Å². The minimum Gasteiger partial charge on any atom is -0.350 e. The van der Waals surface area contributed by atoms with Gasteiger partial charge in [-0.25, -0.2) is 8.42 Å². The molecule has 0 saturated carbocycles. The summed E-state index contributed by atoms with van der Waals surface area (Å²) in [4.78, 5) is 27.9. The third-order valence-electron chi connectivity index (χ3n) is 4.74. The summed E-state index contributed by atoms with van der Waals surface area (Å²) < 4.78 is 27.3. The van der Waals surface area contributed by atoms with Gasteiger partial charge in [0.25, 0.3) is 0 Å². The molecule has 1 aromatic heterocycles. The first-order valence-corrected chi connectivity index (χ1v) is 10.9. The van der Waals surface area contributed by atoms with E-state index in [9.17, 15) is 18.0 Å². The van der Waals surface area contributed by atoms with Gasteiger partial charge in [0.05, 0.1) is 23.1 Å². The topological polar surface area (TPSA) is 108 Å². The van der Waals surface area contributed by atoms with Crippen molar-refractivity contribution in [2.75, 3.05) is 18.4 Å². The minimum absolute atomic E-state index is 0.140. The van der Waals surface area contributed by atoms with Gasteiger partial charge >= 0.3 is 0 Å². The van der Waals surface area contributed by atoms with Crippen LogP contribution < -0.4 is 10.6 Å². The van der Waals surface area contributed by atoms with Gasteiger partial charge in [0.2, 0.25) is 21.8 Å². The van der Waals surface area contributed by atoms with Crippen molar-refractivity contribution >= 4 is 27.5 Å². The molecule has 2 N–H and O–H groups in total. The van der Waals surface area contributed by atoms with Gasteiger partial charge in [-0.3, -0.25) is 14.6 Å². The maximum atomic E-state index is 13.0. The number of carbonyl (C=O) groups excluding carboxylic acids is 2. The van der Waals surface area contributed by atoms with Crippen LogP contribution in [0.1, 0.15) is 25.5 Å². The van der Waals surface area contributed by atoms with Crippen molar-refractivity contribution in [2.24, 2.45) is 5.92 Å². The molecular weight excluding hydrogens is 392 g/mol. The molecule has 2 heterocycles. The highest BCUT2D eigenvalue weighted by atomic mass is 32.2. The Morgan fingerprint density at radius 1 is 1.17 bits per heavy atom. The van der Waals surface area contributed by atoms with E-state index in [1.54, 1.807) is 24.4 Å². The third-order valence-corrected chi connectivity index (χ3v) is 6.62. The number of hydrogen-bond donors (Lipinski definition) is 2. The highest BCUT2D eigenvalue weighted by molar-refractivity contribution is 7.89. The first-order chi connectivity index (χ1) is 13.9. The van der Waals surface area contributed by atoms with Gasteiger partial charge in [0.15, 0.2) is 0 Å². The summed E-state index contributed by atoms with van der Waals surface area (Å²) in [5.41, 5.74) is 1.28. The van der Waals surface area contributed by atoms with Gasteiger partial charge < -0.3 is 10.6 Å².